The van der Waals surface area contributed by atoms with Crippen LogP contribution in [0.4, 0.5) is 4.79 Å². The molecule has 3 aliphatic rings. The molecule has 2 heterocycles. The predicted octanol–water partition coefficient (Wildman–Crippen LogP) is 4.57. The molecule has 3 rings (SSSR count). The molecule has 1 N–H and O–H groups in total. The van der Waals surface area contributed by atoms with Crippen molar-refractivity contribution in [1.82, 2.24) is 15.1 Å². The van der Waals surface area contributed by atoms with Gasteiger partial charge in [-0.3, -0.25) is 4.79 Å². The Morgan fingerprint density at radius 2 is 1.65 bits per heavy atom. The highest BCUT2D eigenvalue weighted by Crippen LogP contribution is 2.37. The summed E-state index contributed by atoms with van der Waals surface area (Å²) in [6.07, 6.45) is 9.57. The SMILES string of the molecule is CCC(CC)C(=O)N1CCC(NC2CCCC2C2CCCN2C(=O)OC(C)(C)C)CC1. The Labute approximate surface area is 189 Å². The number of hydrogen-bond acceptors (Lipinski definition) is 4. The first-order valence-electron chi connectivity index (χ1n) is 12.8. The number of hydrogen-bond donors (Lipinski definition) is 1. The normalized spacial score (nSPS) is 27.9. The molecule has 6 nitrogen and oxygen atoms in total. The van der Waals surface area contributed by atoms with E-state index in [4.69, 9.17) is 4.74 Å². The van der Waals surface area contributed by atoms with E-state index in [1.165, 1.54) is 19.3 Å². The topological polar surface area (TPSA) is 61.9 Å². The van der Waals surface area contributed by atoms with Crippen LogP contribution in [0.25, 0.3) is 0 Å². The quantitative estimate of drug-likeness (QED) is 0.664. The van der Waals surface area contributed by atoms with Crippen molar-refractivity contribution in [2.75, 3.05) is 19.6 Å². The molecule has 3 unspecified atom stereocenters. The summed E-state index contributed by atoms with van der Waals surface area (Å²) in [5.41, 5.74) is -0.447. The van der Waals surface area contributed by atoms with Gasteiger partial charge >= 0.3 is 6.09 Å². The number of carbonyl (C=O) groups excluding carboxylic acids is 2. The van der Waals surface area contributed by atoms with E-state index in [0.717, 1.165) is 58.2 Å². The predicted molar refractivity (Wildman–Crippen MR) is 124 cm³/mol. The number of piperidine rings is 1. The summed E-state index contributed by atoms with van der Waals surface area (Å²) in [5, 5.41) is 3.95. The van der Waals surface area contributed by atoms with Gasteiger partial charge in [0.05, 0.1) is 0 Å². The van der Waals surface area contributed by atoms with E-state index in [-0.39, 0.29) is 12.0 Å². The van der Waals surface area contributed by atoms with E-state index in [2.05, 4.69) is 24.1 Å². The van der Waals surface area contributed by atoms with Crippen molar-refractivity contribution in [1.29, 1.82) is 0 Å². The van der Waals surface area contributed by atoms with Crippen molar-refractivity contribution >= 4 is 12.0 Å². The van der Waals surface area contributed by atoms with Crippen LogP contribution in [0.1, 0.15) is 92.4 Å². The van der Waals surface area contributed by atoms with Crippen LogP contribution in [0, 0.1) is 11.8 Å². The Morgan fingerprint density at radius 1 is 0.968 bits per heavy atom. The van der Waals surface area contributed by atoms with E-state index in [1.807, 2.05) is 25.7 Å². The number of carbonyl (C=O) groups is 2. The van der Waals surface area contributed by atoms with Crippen LogP contribution in [0.15, 0.2) is 0 Å². The Hall–Kier alpha value is -1.30. The summed E-state index contributed by atoms with van der Waals surface area (Å²) < 4.78 is 5.70. The molecule has 178 valence electrons. The second-order valence-electron chi connectivity index (χ2n) is 10.9. The molecule has 0 aromatic heterocycles. The Morgan fingerprint density at radius 3 is 2.26 bits per heavy atom. The minimum Gasteiger partial charge on any atom is -0.444 e. The van der Waals surface area contributed by atoms with Gasteiger partial charge in [0.15, 0.2) is 0 Å². The average molecular weight is 436 g/mol. The van der Waals surface area contributed by atoms with Gasteiger partial charge in [-0.2, -0.15) is 0 Å². The molecule has 2 saturated heterocycles. The molecule has 3 fully saturated rings. The first-order valence-corrected chi connectivity index (χ1v) is 12.8. The number of likely N-dealkylation sites (tertiary alicyclic amines) is 2. The van der Waals surface area contributed by atoms with Crippen LogP contribution in [0.3, 0.4) is 0 Å². The zero-order valence-electron chi connectivity index (χ0n) is 20.5. The Balaban J connectivity index is 1.53. The minimum absolute atomic E-state index is 0.145. The fourth-order valence-corrected chi connectivity index (χ4v) is 5.91. The van der Waals surface area contributed by atoms with E-state index in [1.54, 1.807) is 0 Å². The van der Waals surface area contributed by atoms with E-state index in [9.17, 15) is 9.59 Å². The lowest BCUT2D eigenvalue weighted by atomic mass is 9.91. The largest absolute Gasteiger partial charge is 0.444 e. The highest BCUT2D eigenvalue weighted by molar-refractivity contribution is 5.78. The van der Waals surface area contributed by atoms with Gasteiger partial charge in [0.2, 0.25) is 5.91 Å². The maximum atomic E-state index is 12.8. The number of ether oxygens (including phenoxy) is 1. The molecule has 0 spiro atoms. The van der Waals surface area contributed by atoms with Gasteiger partial charge in [-0.25, -0.2) is 4.79 Å². The van der Waals surface area contributed by atoms with Crippen molar-refractivity contribution in [2.24, 2.45) is 11.8 Å². The first kappa shape index (κ1) is 24.3. The Bertz CT molecular complexity index is 606. The monoisotopic (exact) mass is 435 g/mol. The van der Waals surface area contributed by atoms with Gasteiger partial charge in [0.25, 0.3) is 0 Å². The molecule has 0 bridgehead atoms. The summed E-state index contributed by atoms with van der Waals surface area (Å²) in [6, 6.07) is 1.25. The van der Waals surface area contributed by atoms with Crippen LogP contribution in [-0.4, -0.2) is 65.2 Å². The summed E-state index contributed by atoms with van der Waals surface area (Å²) in [6.45, 7) is 12.6. The van der Waals surface area contributed by atoms with Crippen molar-refractivity contribution < 1.29 is 14.3 Å². The second kappa shape index (κ2) is 10.5. The molecule has 2 aliphatic heterocycles. The average Bonchev–Trinajstić information content (AvgIpc) is 3.37. The van der Waals surface area contributed by atoms with Crippen LogP contribution in [-0.2, 0) is 9.53 Å². The molecule has 0 aromatic rings. The molecule has 3 atom stereocenters. The van der Waals surface area contributed by atoms with Crippen molar-refractivity contribution in [2.45, 2.75) is 116 Å². The highest BCUT2D eigenvalue weighted by Gasteiger charge is 2.42. The highest BCUT2D eigenvalue weighted by atomic mass is 16.6. The van der Waals surface area contributed by atoms with Crippen molar-refractivity contribution in [3.05, 3.63) is 0 Å². The van der Waals surface area contributed by atoms with E-state index >= 15 is 0 Å². The summed E-state index contributed by atoms with van der Waals surface area (Å²) in [5.74, 6) is 1.05. The minimum atomic E-state index is -0.447. The number of amides is 2. The van der Waals surface area contributed by atoms with Crippen LogP contribution >= 0.6 is 0 Å². The lowest BCUT2D eigenvalue weighted by Crippen LogP contribution is -2.52. The van der Waals surface area contributed by atoms with E-state index in [0.29, 0.717) is 30.0 Å². The molecular weight excluding hydrogens is 390 g/mol. The van der Waals surface area contributed by atoms with Crippen molar-refractivity contribution in [3.8, 4) is 0 Å². The molecule has 0 aromatic carbocycles. The molecule has 2 amide bonds. The van der Waals surface area contributed by atoms with Crippen LogP contribution < -0.4 is 5.32 Å². The number of rotatable bonds is 6. The molecule has 6 heteroatoms. The second-order valence-corrected chi connectivity index (χ2v) is 10.9. The summed E-state index contributed by atoms with van der Waals surface area (Å²) in [7, 11) is 0. The summed E-state index contributed by atoms with van der Waals surface area (Å²) >= 11 is 0. The lowest BCUT2D eigenvalue weighted by molar-refractivity contribution is -0.136. The number of nitrogens with zero attached hydrogens (tertiary/aromatic N) is 2. The molecular formula is C25H45N3O3. The third-order valence-electron chi connectivity index (χ3n) is 7.58. The fraction of sp³-hybridized carbons (Fsp3) is 0.920. The molecule has 1 aliphatic carbocycles. The maximum absolute atomic E-state index is 12.8. The number of nitrogens with one attached hydrogen (secondary N) is 1. The smallest absolute Gasteiger partial charge is 0.410 e. The van der Waals surface area contributed by atoms with Gasteiger partial charge in [-0.05, 0) is 78.1 Å². The van der Waals surface area contributed by atoms with Gasteiger partial charge < -0.3 is 19.9 Å². The third-order valence-corrected chi connectivity index (χ3v) is 7.58. The van der Waals surface area contributed by atoms with E-state index < -0.39 is 5.60 Å². The molecule has 0 radical (unpaired) electrons. The van der Waals surface area contributed by atoms with Gasteiger partial charge in [-0.1, -0.05) is 20.3 Å². The van der Waals surface area contributed by atoms with Crippen LogP contribution in [0.2, 0.25) is 0 Å². The van der Waals surface area contributed by atoms with Gasteiger partial charge in [-0.15, -0.1) is 0 Å². The zero-order chi connectivity index (χ0) is 22.6. The van der Waals surface area contributed by atoms with Gasteiger partial charge in [0.1, 0.15) is 5.60 Å². The molecule has 1 saturated carbocycles. The van der Waals surface area contributed by atoms with Gasteiger partial charge in [0, 0.05) is 43.7 Å². The Kier molecular flexibility index (Phi) is 8.28. The molecule has 31 heavy (non-hydrogen) atoms. The standard InChI is InChI=1S/C25H45N3O3/c1-6-18(7-2)23(29)27-16-13-19(14-17-27)26-21-11-8-10-20(21)22-12-9-15-28(22)24(30)31-25(3,4)5/h18-22,26H,6-17H2,1-5H3. The van der Waals surface area contributed by atoms with Crippen LogP contribution in [0.5, 0.6) is 0 Å². The fourth-order valence-electron chi connectivity index (χ4n) is 5.91. The third kappa shape index (κ3) is 6.15. The zero-order valence-corrected chi connectivity index (χ0v) is 20.5. The summed E-state index contributed by atoms with van der Waals surface area (Å²) in [4.78, 5) is 29.6. The van der Waals surface area contributed by atoms with Crippen molar-refractivity contribution in [3.63, 3.8) is 0 Å². The first-order chi connectivity index (χ1) is 14.7. The lowest BCUT2D eigenvalue weighted by Gasteiger charge is -2.38. The maximum Gasteiger partial charge on any atom is 0.410 e.